The Morgan fingerprint density at radius 3 is 2.16 bits per heavy atom. The molecule has 0 aliphatic carbocycles. The zero-order chi connectivity index (χ0) is 23.3. The molecule has 0 saturated carbocycles. The summed E-state index contributed by atoms with van der Waals surface area (Å²) in [6, 6.07) is 3.08. The summed E-state index contributed by atoms with van der Waals surface area (Å²) in [5.74, 6) is -1.23. The predicted octanol–water partition coefficient (Wildman–Crippen LogP) is 2.80. The van der Waals surface area contributed by atoms with Gasteiger partial charge in [0.15, 0.2) is 11.5 Å². The highest BCUT2D eigenvalue weighted by molar-refractivity contribution is 5.90. The summed E-state index contributed by atoms with van der Waals surface area (Å²) in [5.41, 5.74) is 0.878. The molecule has 1 aromatic rings. The number of ether oxygens (including phenoxy) is 6. The number of aryl methyl sites for hydroxylation is 1. The van der Waals surface area contributed by atoms with Crippen LogP contribution >= 0.6 is 0 Å². The van der Waals surface area contributed by atoms with E-state index >= 15 is 0 Å². The normalized spacial score (nSPS) is 25.3. The smallest absolute Gasteiger partial charge is 0.337 e. The lowest BCUT2D eigenvalue weighted by molar-refractivity contribution is -0.266. The van der Waals surface area contributed by atoms with Gasteiger partial charge in [-0.25, -0.2) is 4.79 Å². The van der Waals surface area contributed by atoms with Gasteiger partial charge in [-0.05, 0) is 31.0 Å². The second kappa shape index (κ2) is 10.5. The minimum Gasteiger partial charge on any atom is -0.493 e. The van der Waals surface area contributed by atoms with Crippen LogP contribution in [0.1, 0.15) is 50.0 Å². The van der Waals surface area contributed by atoms with Crippen molar-refractivity contribution in [1.29, 1.82) is 0 Å². The molecule has 1 heterocycles. The topological polar surface area (TPSA) is 107 Å². The van der Waals surface area contributed by atoms with Crippen LogP contribution < -0.4 is 9.47 Å². The summed E-state index contributed by atoms with van der Waals surface area (Å²) in [4.78, 5) is 35.4. The lowest BCUT2D eigenvalue weighted by atomic mass is 9.89. The van der Waals surface area contributed by atoms with E-state index < -0.39 is 36.4 Å². The molecule has 172 valence electrons. The van der Waals surface area contributed by atoms with Crippen LogP contribution in [0.25, 0.3) is 0 Å². The molecule has 1 saturated heterocycles. The van der Waals surface area contributed by atoms with Gasteiger partial charge >= 0.3 is 17.9 Å². The van der Waals surface area contributed by atoms with Crippen molar-refractivity contribution in [2.45, 2.75) is 65.6 Å². The quantitative estimate of drug-likeness (QED) is 0.469. The molecule has 0 amide bonds. The molecule has 1 fully saturated rings. The fraction of sp³-hybridized carbons (Fsp3) is 0.591. The molecule has 1 aliphatic rings. The molecule has 31 heavy (non-hydrogen) atoms. The van der Waals surface area contributed by atoms with Gasteiger partial charge in [0.25, 0.3) is 0 Å². The third-order valence-electron chi connectivity index (χ3n) is 5.13. The SMILES string of the molecule is CC[C@H]1O[C@@H](Oc2c(C)cc(C(=O)OC)cc2OC)[C@H](OC(C)=O)[C@@H](OC(C)=O)[C@@H]1C. The number of esters is 3. The molecule has 2 rings (SSSR count). The lowest BCUT2D eigenvalue weighted by Crippen LogP contribution is -2.58. The summed E-state index contributed by atoms with van der Waals surface area (Å²) < 4.78 is 33.3. The first-order valence-electron chi connectivity index (χ1n) is 10.1. The van der Waals surface area contributed by atoms with Crippen molar-refractivity contribution in [3.8, 4) is 11.5 Å². The molecule has 9 heteroatoms. The first-order valence-corrected chi connectivity index (χ1v) is 10.1. The Balaban J connectivity index is 2.46. The van der Waals surface area contributed by atoms with E-state index in [-0.39, 0.29) is 17.8 Å². The molecule has 0 aromatic heterocycles. The van der Waals surface area contributed by atoms with Crippen molar-refractivity contribution >= 4 is 17.9 Å². The molecule has 9 nitrogen and oxygen atoms in total. The van der Waals surface area contributed by atoms with Crippen molar-refractivity contribution in [3.63, 3.8) is 0 Å². The van der Waals surface area contributed by atoms with Crippen LogP contribution in [0.15, 0.2) is 12.1 Å². The maximum Gasteiger partial charge on any atom is 0.337 e. The van der Waals surface area contributed by atoms with Crippen molar-refractivity contribution < 1.29 is 42.8 Å². The molecule has 0 N–H and O–H groups in total. The Kier molecular flexibility index (Phi) is 8.27. The molecule has 0 unspecified atom stereocenters. The average molecular weight is 438 g/mol. The van der Waals surface area contributed by atoms with Gasteiger partial charge in [-0.2, -0.15) is 0 Å². The first-order chi connectivity index (χ1) is 14.6. The summed E-state index contributed by atoms with van der Waals surface area (Å²) in [6.07, 6.45) is -2.50. The Morgan fingerprint density at radius 2 is 1.65 bits per heavy atom. The Labute approximate surface area is 181 Å². The zero-order valence-electron chi connectivity index (χ0n) is 18.9. The van der Waals surface area contributed by atoms with E-state index in [9.17, 15) is 14.4 Å². The highest BCUT2D eigenvalue weighted by Gasteiger charge is 2.49. The van der Waals surface area contributed by atoms with E-state index in [4.69, 9.17) is 28.4 Å². The standard InChI is InChI=1S/C22H30O9/c1-8-16-12(3)19(28-13(4)23)20(29-14(5)24)22(30-16)31-18-11(2)9-15(21(25)27-7)10-17(18)26-6/h9-10,12,16,19-20,22H,8H2,1-7H3/t12-,16-,19+,20-,22+/m1/s1. The highest BCUT2D eigenvalue weighted by Crippen LogP contribution is 2.38. The van der Waals surface area contributed by atoms with Gasteiger partial charge < -0.3 is 28.4 Å². The Bertz CT molecular complexity index is 819. The largest absolute Gasteiger partial charge is 0.493 e. The summed E-state index contributed by atoms with van der Waals surface area (Å²) in [7, 11) is 2.72. The van der Waals surface area contributed by atoms with Gasteiger partial charge in [-0.15, -0.1) is 0 Å². The molecule has 0 spiro atoms. The van der Waals surface area contributed by atoms with E-state index in [1.807, 2.05) is 13.8 Å². The minimum atomic E-state index is -1.06. The van der Waals surface area contributed by atoms with Crippen molar-refractivity contribution in [1.82, 2.24) is 0 Å². The highest BCUT2D eigenvalue weighted by atomic mass is 16.7. The molecule has 1 aromatic carbocycles. The van der Waals surface area contributed by atoms with E-state index in [2.05, 4.69) is 0 Å². The number of benzene rings is 1. The minimum absolute atomic E-state index is 0.234. The predicted molar refractivity (Wildman–Crippen MR) is 109 cm³/mol. The van der Waals surface area contributed by atoms with E-state index in [0.29, 0.717) is 23.3 Å². The van der Waals surface area contributed by atoms with Crippen LogP contribution in [0.2, 0.25) is 0 Å². The van der Waals surface area contributed by atoms with Crippen molar-refractivity contribution in [3.05, 3.63) is 23.3 Å². The van der Waals surface area contributed by atoms with E-state index in [1.165, 1.54) is 34.1 Å². The monoisotopic (exact) mass is 438 g/mol. The fourth-order valence-electron chi connectivity index (χ4n) is 3.68. The number of hydrogen-bond acceptors (Lipinski definition) is 9. The molecule has 5 atom stereocenters. The van der Waals surface area contributed by atoms with Crippen LogP contribution in [0.3, 0.4) is 0 Å². The average Bonchev–Trinajstić information content (AvgIpc) is 2.72. The summed E-state index contributed by atoms with van der Waals surface area (Å²) in [5, 5.41) is 0. The van der Waals surface area contributed by atoms with Crippen molar-refractivity contribution in [2.24, 2.45) is 5.92 Å². The van der Waals surface area contributed by atoms with Crippen LogP contribution in [0.4, 0.5) is 0 Å². The van der Waals surface area contributed by atoms with E-state index in [1.54, 1.807) is 13.0 Å². The second-order valence-corrected chi connectivity index (χ2v) is 7.39. The third-order valence-corrected chi connectivity index (χ3v) is 5.13. The maximum absolute atomic E-state index is 11.9. The van der Waals surface area contributed by atoms with Crippen LogP contribution in [0, 0.1) is 12.8 Å². The number of carbonyl (C=O) groups excluding carboxylic acids is 3. The number of carbonyl (C=O) groups is 3. The fourth-order valence-corrected chi connectivity index (χ4v) is 3.68. The molecule has 0 bridgehead atoms. The van der Waals surface area contributed by atoms with Crippen molar-refractivity contribution in [2.75, 3.05) is 14.2 Å². The van der Waals surface area contributed by atoms with E-state index in [0.717, 1.165) is 0 Å². The second-order valence-electron chi connectivity index (χ2n) is 7.39. The van der Waals surface area contributed by atoms with Crippen LogP contribution in [-0.4, -0.2) is 56.7 Å². The molecule has 1 aliphatic heterocycles. The third kappa shape index (κ3) is 5.66. The van der Waals surface area contributed by atoms with Gasteiger partial charge in [-0.3, -0.25) is 9.59 Å². The summed E-state index contributed by atoms with van der Waals surface area (Å²) >= 11 is 0. The maximum atomic E-state index is 11.9. The van der Waals surface area contributed by atoms with Gasteiger partial charge in [0.2, 0.25) is 12.4 Å². The number of rotatable bonds is 7. The molecular formula is C22H30O9. The summed E-state index contributed by atoms with van der Waals surface area (Å²) in [6.45, 7) is 8.09. The van der Waals surface area contributed by atoms with Gasteiger partial charge in [0.1, 0.15) is 6.10 Å². The number of methoxy groups -OCH3 is 2. The zero-order valence-corrected chi connectivity index (χ0v) is 18.9. The van der Waals surface area contributed by atoms with Crippen LogP contribution in [-0.2, 0) is 28.5 Å². The number of hydrogen-bond donors (Lipinski definition) is 0. The van der Waals surface area contributed by atoms with Gasteiger partial charge in [0, 0.05) is 19.8 Å². The van der Waals surface area contributed by atoms with Crippen LogP contribution in [0.5, 0.6) is 11.5 Å². The Hall–Kier alpha value is -2.81. The molecular weight excluding hydrogens is 408 g/mol. The molecule has 0 radical (unpaired) electrons. The van der Waals surface area contributed by atoms with Gasteiger partial charge in [-0.1, -0.05) is 13.8 Å². The Morgan fingerprint density at radius 1 is 1.03 bits per heavy atom. The first kappa shape index (κ1) is 24.5. The van der Waals surface area contributed by atoms with Gasteiger partial charge in [0.05, 0.1) is 25.9 Å². The lowest BCUT2D eigenvalue weighted by Gasteiger charge is -2.44.